The molecule has 3 aromatic rings. The number of para-hydroxylation sites is 1. The van der Waals surface area contributed by atoms with Gasteiger partial charge in [-0.2, -0.15) is 0 Å². The third-order valence-corrected chi connectivity index (χ3v) is 4.18. The number of anilines is 3. The highest BCUT2D eigenvalue weighted by molar-refractivity contribution is 6.04. The summed E-state index contributed by atoms with van der Waals surface area (Å²) in [5.41, 5.74) is 2.75. The van der Waals surface area contributed by atoms with E-state index in [1.54, 1.807) is 48.8 Å². The van der Waals surface area contributed by atoms with Crippen molar-refractivity contribution in [2.24, 2.45) is 0 Å². The summed E-state index contributed by atoms with van der Waals surface area (Å²) in [6.07, 6.45) is 3.13. The van der Waals surface area contributed by atoms with Gasteiger partial charge in [-0.25, -0.2) is 0 Å². The number of likely N-dealkylation sites (N-methyl/N-ethyl adjacent to an activating group) is 1. The van der Waals surface area contributed by atoms with Crippen LogP contribution in [-0.2, 0) is 4.79 Å². The topological polar surface area (TPSA) is 74.3 Å². The van der Waals surface area contributed by atoms with Crippen LogP contribution in [0.25, 0.3) is 0 Å². The van der Waals surface area contributed by atoms with Crippen molar-refractivity contribution in [3.05, 3.63) is 84.7 Å². The first kappa shape index (κ1) is 19.1. The number of rotatable bonds is 7. The standard InChI is InChI=1S/C22H22N4O2/c1-2-26(20-9-4-3-5-10-20)16-21(27)24-18-7-6-8-19(15-18)25-22(28)17-11-13-23-14-12-17/h3-15H,2,16H2,1H3,(H,24,27)(H,25,28). The Kier molecular flexibility index (Phi) is 6.36. The lowest BCUT2D eigenvalue weighted by molar-refractivity contribution is -0.115. The van der Waals surface area contributed by atoms with Gasteiger partial charge in [-0.05, 0) is 49.4 Å². The fraction of sp³-hybridized carbons (Fsp3) is 0.136. The summed E-state index contributed by atoms with van der Waals surface area (Å²) >= 11 is 0. The maximum Gasteiger partial charge on any atom is 0.255 e. The second-order valence-corrected chi connectivity index (χ2v) is 6.17. The Morgan fingerprint density at radius 3 is 2.25 bits per heavy atom. The molecule has 0 spiro atoms. The van der Waals surface area contributed by atoms with Crippen molar-refractivity contribution in [1.82, 2.24) is 4.98 Å². The summed E-state index contributed by atoms with van der Waals surface area (Å²) < 4.78 is 0. The van der Waals surface area contributed by atoms with E-state index in [-0.39, 0.29) is 18.4 Å². The predicted octanol–water partition coefficient (Wildman–Crippen LogP) is 3.80. The third-order valence-electron chi connectivity index (χ3n) is 4.18. The zero-order valence-electron chi connectivity index (χ0n) is 15.6. The first-order valence-electron chi connectivity index (χ1n) is 9.07. The van der Waals surface area contributed by atoms with Gasteiger partial charge < -0.3 is 15.5 Å². The van der Waals surface area contributed by atoms with E-state index in [1.165, 1.54) is 0 Å². The molecule has 0 aliphatic carbocycles. The molecule has 6 heteroatoms. The van der Waals surface area contributed by atoms with E-state index in [2.05, 4.69) is 15.6 Å². The molecular formula is C22H22N4O2. The number of nitrogens with one attached hydrogen (secondary N) is 2. The molecule has 2 amide bonds. The van der Waals surface area contributed by atoms with Crippen LogP contribution in [0.15, 0.2) is 79.1 Å². The Hall–Kier alpha value is -3.67. The summed E-state index contributed by atoms with van der Waals surface area (Å²) in [6.45, 7) is 2.98. The number of pyridine rings is 1. The molecule has 0 aliphatic rings. The van der Waals surface area contributed by atoms with E-state index < -0.39 is 0 Å². The van der Waals surface area contributed by atoms with E-state index in [0.29, 0.717) is 16.9 Å². The molecule has 0 saturated carbocycles. The minimum atomic E-state index is -0.230. The first-order chi connectivity index (χ1) is 13.7. The molecule has 142 valence electrons. The van der Waals surface area contributed by atoms with Crippen LogP contribution >= 0.6 is 0 Å². The predicted molar refractivity (Wildman–Crippen MR) is 112 cm³/mol. The number of hydrogen-bond donors (Lipinski definition) is 2. The van der Waals surface area contributed by atoms with Gasteiger partial charge >= 0.3 is 0 Å². The van der Waals surface area contributed by atoms with E-state index >= 15 is 0 Å². The van der Waals surface area contributed by atoms with Crippen LogP contribution in [0.4, 0.5) is 17.1 Å². The Labute approximate surface area is 164 Å². The second-order valence-electron chi connectivity index (χ2n) is 6.17. The summed E-state index contributed by atoms with van der Waals surface area (Å²) in [5, 5.41) is 5.71. The van der Waals surface area contributed by atoms with Crippen LogP contribution in [0, 0.1) is 0 Å². The third kappa shape index (κ3) is 5.17. The molecule has 2 aromatic carbocycles. The summed E-state index contributed by atoms with van der Waals surface area (Å²) in [5.74, 6) is -0.351. The van der Waals surface area contributed by atoms with Crippen molar-refractivity contribution in [3.8, 4) is 0 Å². The van der Waals surface area contributed by atoms with Gasteiger partial charge in [0.15, 0.2) is 0 Å². The Bertz CT molecular complexity index is 930. The molecule has 28 heavy (non-hydrogen) atoms. The number of hydrogen-bond acceptors (Lipinski definition) is 4. The molecule has 2 N–H and O–H groups in total. The van der Waals surface area contributed by atoms with E-state index in [9.17, 15) is 9.59 Å². The average molecular weight is 374 g/mol. The molecule has 3 rings (SSSR count). The Morgan fingerprint density at radius 1 is 0.893 bits per heavy atom. The van der Waals surface area contributed by atoms with Crippen LogP contribution < -0.4 is 15.5 Å². The van der Waals surface area contributed by atoms with Crippen molar-refractivity contribution in [3.63, 3.8) is 0 Å². The van der Waals surface area contributed by atoms with Crippen molar-refractivity contribution in [2.45, 2.75) is 6.92 Å². The van der Waals surface area contributed by atoms with Crippen molar-refractivity contribution in [2.75, 3.05) is 28.6 Å². The number of nitrogens with zero attached hydrogens (tertiary/aromatic N) is 2. The smallest absolute Gasteiger partial charge is 0.255 e. The van der Waals surface area contributed by atoms with Crippen molar-refractivity contribution >= 4 is 28.9 Å². The minimum Gasteiger partial charge on any atom is -0.362 e. The molecule has 0 fully saturated rings. The zero-order chi connectivity index (χ0) is 19.8. The van der Waals surface area contributed by atoms with E-state index in [4.69, 9.17) is 0 Å². The maximum atomic E-state index is 12.5. The number of amides is 2. The Balaban J connectivity index is 1.62. The van der Waals surface area contributed by atoms with Crippen molar-refractivity contribution < 1.29 is 9.59 Å². The lowest BCUT2D eigenvalue weighted by atomic mass is 10.2. The minimum absolute atomic E-state index is 0.122. The second kappa shape index (κ2) is 9.32. The lowest BCUT2D eigenvalue weighted by Gasteiger charge is -2.22. The van der Waals surface area contributed by atoms with Gasteiger partial charge in [0, 0.05) is 41.6 Å². The summed E-state index contributed by atoms with van der Waals surface area (Å²) in [7, 11) is 0. The largest absolute Gasteiger partial charge is 0.362 e. The van der Waals surface area contributed by atoms with E-state index in [0.717, 1.165) is 12.2 Å². The van der Waals surface area contributed by atoms with Crippen molar-refractivity contribution in [1.29, 1.82) is 0 Å². The fourth-order valence-electron chi connectivity index (χ4n) is 2.78. The van der Waals surface area contributed by atoms with Crippen LogP contribution in [0.3, 0.4) is 0 Å². The first-order valence-corrected chi connectivity index (χ1v) is 9.07. The molecular weight excluding hydrogens is 352 g/mol. The monoisotopic (exact) mass is 374 g/mol. The lowest BCUT2D eigenvalue weighted by Crippen LogP contribution is -2.33. The highest BCUT2D eigenvalue weighted by Gasteiger charge is 2.11. The molecule has 1 heterocycles. The molecule has 0 aliphatic heterocycles. The molecule has 0 bridgehead atoms. The maximum absolute atomic E-state index is 12.5. The van der Waals surface area contributed by atoms with Gasteiger partial charge in [0.25, 0.3) is 5.91 Å². The number of carbonyl (C=O) groups excluding carboxylic acids is 2. The molecule has 0 radical (unpaired) electrons. The van der Waals surface area contributed by atoms with Gasteiger partial charge in [0.1, 0.15) is 0 Å². The molecule has 0 atom stereocenters. The van der Waals surface area contributed by atoms with Gasteiger partial charge in [-0.1, -0.05) is 24.3 Å². The molecule has 0 unspecified atom stereocenters. The number of carbonyl (C=O) groups is 2. The summed E-state index contributed by atoms with van der Waals surface area (Å²) in [4.78, 5) is 30.6. The van der Waals surface area contributed by atoms with Gasteiger partial charge in [0.05, 0.1) is 6.54 Å². The average Bonchev–Trinajstić information content (AvgIpc) is 2.73. The van der Waals surface area contributed by atoms with Gasteiger partial charge in [-0.15, -0.1) is 0 Å². The van der Waals surface area contributed by atoms with Crippen LogP contribution in [0.2, 0.25) is 0 Å². The molecule has 0 saturated heterocycles. The van der Waals surface area contributed by atoms with E-state index in [1.807, 2.05) is 42.2 Å². The zero-order valence-corrected chi connectivity index (χ0v) is 15.6. The van der Waals surface area contributed by atoms with Crippen LogP contribution in [-0.4, -0.2) is 29.9 Å². The molecule has 1 aromatic heterocycles. The van der Waals surface area contributed by atoms with Gasteiger partial charge in [-0.3, -0.25) is 14.6 Å². The number of aromatic nitrogens is 1. The Morgan fingerprint density at radius 2 is 1.57 bits per heavy atom. The van der Waals surface area contributed by atoms with Gasteiger partial charge in [0.2, 0.25) is 5.91 Å². The molecule has 6 nitrogen and oxygen atoms in total. The summed E-state index contributed by atoms with van der Waals surface area (Å²) in [6, 6.07) is 20.2. The van der Waals surface area contributed by atoms with Crippen LogP contribution in [0.5, 0.6) is 0 Å². The quantitative estimate of drug-likeness (QED) is 0.660. The number of benzene rings is 2. The normalized spacial score (nSPS) is 10.2. The highest BCUT2D eigenvalue weighted by atomic mass is 16.2. The highest BCUT2D eigenvalue weighted by Crippen LogP contribution is 2.17. The van der Waals surface area contributed by atoms with Crippen LogP contribution in [0.1, 0.15) is 17.3 Å². The SMILES string of the molecule is CCN(CC(=O)Nc1cccc(NC(=O)c2ccncc2)c1)c1ccccc1. The fourth-order valence-corrected chi connectivity index (χ4v) is 2.78.